The maximum atomic E-state index is 12.6. The molecule has 0 spiro atoms. The number of hydrogen-bond donors (Lipinski definition) is 4. The molecule has 9 nitrogen and oxygen atoms in total. The summed E-state index contributed by atoms with van der Waals surface area (Å²) in [6.45, 7) is 12.7. The van der Waals surface area contributed by atoms with E-state index in [-0.39, 0.29) is 62.2 Å². The molecule has 260 valence electrons. The quantitative estimate of drug-likeness (QED) is 0.148. The number of carboxylic acids is 1. The molecule has 4 aliphatic carbocycles. The van der Waals surface area contributed by atoms with Gasteiger partial charge in [-0.3, -0.25) is 14.4 Å². The summed E-state index contributed by atoms with van der Waals surface area (Å²) in [5, 5.41) is 16.5. The molecule has 4 unspecified atom stereocenters. The fourth-order valence-corrected chi connectivity index (χ4v) is 10.0. The van der Waals surface area contributed by atoms with Crippen LogP contribution in [-0.4, -0.2) is 54.7 Å². The third-order valence-electron chi connectivity index (χ3n) is 12.5. The summed E-state index contributed by atoms with van der Waals surface area (Å²) >= 11 is 0. The summed E-state index contributed by atoms with van der Waals surface area (Å²) in [6.07, 6.45) is 15.4. The molecule has 0 aromatic carbocycles. The van der Waals surface area contributed by atoms with Gasteiger partial charge in [0.05, 0.1) is 6.42 Å². The fraction of sp³-hybridized carbons (Fsp3) is 0.838. The predicted molar refractivity (Wildman–Crippen MR) is 179 cm³/mol. The summed E-state index contributed by atoms with van der Waals surface area (Å²) < 4.78 is 5.83. The Balaban J connectivity index is 1.19. The van der Waals surface area contributed by atoms with Gasteiger partial charge in [-0.05, 0) is 91.3 Å². The predicted octanol–water partition coefficient (Wildman–Crippen LogP) is 6.61. The molecule has 0 aromatic rings. The number of ether oxygens (including phenoxy) is 1. The third kappa shape index (κ3) is 8.85. The average molecular weight is 644 g/mol. The van der Waals surface area contributed by atoms with Gasteiger partial charge < -0.3 is 25.8 Å². The Morgan fingerprint density at radius 1 is 0.870 bits per heavy atom. The highest BCUT2D eigenvalue weighted by Crippen LogP contribution is 2.67. The van der Waals surface area contributed by atoms with Gasteiger partial charge in [0.25, 0.3) is 0 Å². The number of carbonyl (C=O) groups excluding carboxylic acids is 3. The Morgan fingerprint density at radius 2 is 1.54 bits per heavy atom. The van der Waals surface area contributed by atoms with Crippen molar-refractivity contribution in [3.05, 3.63) is 11.6 Å². The van der Waals surface area contributed by atoms with Crippen LogP contribution in [0.4, 0.5) is 4.79 Å². The highest BCUT2D eigenvalue weighted by atomic mass is 16.6. The van der Waals surface area contributed by atoms with E-state index in [0.717, 1.165) is 54.8 Å². The summed E-state index contributed by atoms with van der Waals surface area (Å²) in [5.41, 5.74) is 2.17. The number of alkyl carbamates (subject to hydrolysis) is 1. The van der Waals surface area contributed by atoms with Crippen molar-refractivity contribution in [3.63, 3.8) is 0 Å². The standard InChI is InChI=1S/C37H61N3O6/c1-24(2)7-6-8-25(3)29-11-12-30-28-10-9-26-23-27(13-18-36(26,4)31(28)14-19-37(29,30)5)46-35(45)40-21-16-33(42)38-20-15-32(41)39-22-17-34(43)44/h9,24-25,27-31H,6-8,10-23H2,1-5H3,(H,38,42)(H,39,41)(H,40,45)(H,43,44)/t25-,27?,28?,29-,30?,31?,36+,37-/m1/s1. The number of hydrogen-bond acceptors (Lipinski definition) is 5. The molecule has 9 heteroatoms. The minimum absolute atomic E-state index is 0.0609. The second-order valence-electron chi connectivity index (χ2n) is 15.8. The SMILES string of the molecule is CC(C)CCC[C@@H](C)[C@H]1CCC2C3CC=C4CC(OC(=O)NCCC(=O)NCCC(=O)NCCC(=O)O)CC[C@]4(C)C3CC[C@@]21C. The maximum absolute atomic E-state index is 12.6. The molecular formula is C37H61N3O6. The van der Waals surface area contributed by atoms with Crippen LogP contribution in [0.25, 0.3) is 0 Å². The van der Waals surface area contributed by atoms with Crippen molar-refractivity contribution in [2.24, 2.45) is 46.3 Å². The van der Waals surface area contributed by atoms with Gasteiger partial charge in [-0.1, -0.05) is 65.5 Å². The zero-order chi connectivity index (χ0) is 33.5. The van der Waals surface area contributed by atoms with Crippen molar-refractivity contribution in [2.45, 2.75) is 131 Å². The number of fused-ring (bicyclic) bond motifs is 5. The van der Waals surface area contributed by atoms with Crippen molar-refractivity contribution >= 4 is 23.9 Å². The number of allylic oxidation sites excluding steroid dienone is 1. The first-order valence-electron chi connectivity index (χ1n) is 18.2. The fourth-order valence-electron chi connectivity index (χ4n) is 10.0. The number of carbonyl (C=O) groups is 4. The summed E-state index contributed by atoms with van der Waals surface area (Å²) in [4.78, 5) is 46.9. The number of aliphatic carboxylic acids is 1. The van der Waals surface area contributed by atoms with E-state index in [4.69, 9.17) is 9.84 Å². The second-order valence-corrected chi connectivity index (χ2v) is 15.8. The summed E-state index contributed by atoms with van der Waals surface area (Å²) in [7, 11) is 0. The molecule has 4 aliphatic rings. The van der Waals surface area contributed by atoms with Crippen LogP contribution in [0.3, 0.4) is 0 Å². The molecule has 0 radical (unpaired) electrons. The minimum Gasteiger partial charge on any atom is -0.481 e. The van der Waals surface area contributed by atoms with Gasteiger partial charge in [-0.2, -0.15) is 0 Å². The molecule has 0 bridgehead atoms. The van der Waals surface area contributed by atoms with Gasteiger partial charge in [0.1, 0.15) is 6.10 Å². The van der Waals surface area contributed by atoms with E-state index in [0.29, 0.717) is 5.41 Å². The lowest BCUT2D eigenvalue weighted by Crippen LogP contribution is -2.51. The first kappa shape index (κ1) is 36.3. The van der Waals surface area contributed by atoms with Gasteiger partial charge in [-0.25, -0.2) is 4.79 Å². The van der Waals surface area contributed by atoms with E-state index in [2.05, 4.69) is 56.6 Å². The van der Waals surface area contributed by atoms with Crippen LogP contribution in [0.2, 0.25) is 0 Å². The van der Waals surface area contributed by atoms with E-state index >= 15 is 0 Å². The maximum Gasteiger partial charge on any atom is 0.407 e. The van der Waals surface area contributed by atoms with E-state index in [1.165, 1.54) is 56.9 Å². The van der Waals surface area contributed by atoms with Crippen LogP contribution in [-0.2, 0) is 19.1 Å². The van der Waals surface area contributed by atoms with Crippen LogP contribution in [0, 0.1) is 46.3 Å². The van der Waals surface area contributed by atoms with Gasteiger partial charge in [0, 0.05) is 38.9 Å². The number of rotatable bonds is 15. The Hall–Kier alpha value is -2.58. The summed E-state index contributed by atoms with van der Waals surface area (Å²) in [5.74, 6) is 3.24. The van der Waals surface area contributed by atoms with E-state index in [9.17, 15) is 19.2 Å². The van der Waals surface area contributed by atoms with Gasteiger partial charge in [-0.15, -0.1) is 0 Å². The first-order valence-corrected chi connectivity index (χ1v) is 18.2. The molecular weight excluding hydrogens is 582 g/mol. The first-order chi connectivity index (χ1) is 21.8. The molecule has 0 aliphatic heterocycles. The Labute approximate surface area is 276 Å². The Bertz CT molecular complexity index is 1120. The number of amides is 3. The molecule has 0 heterocycles. The zero-order valence-corrected chi connectivity index (χ0v) is 29.1. The molecule has 0 aromatic heterocycles. The Morgan fingerprint density at radius 3 is 2.22 bits per heavy atom. The van der Waals surface area contributed by atoms with E-state index < -0.39 is 12.1 Å². The van der Waals surface area contributed by atoms with Crippen molar-refractivity contribution < 1.29 is 29.0 Å². The lowest BCUT2D eigenvalue weighted by atomic mass is 9.47. The smallest absolute Gasteiger partial charge is 0.407 e. The number of carboxylic acid groups (broad SMARTS) is 1. The molecule has 3 fully saturated rings. The molecule has 46 heavy (non-hydrogen) atoms. The minimum atomic E-state index is -0.979. The van der Waals surface area contributed by atoms with Gasteiger partial charge >= 0.3 is 12.1 Å². The van der Waals surface area contributed by atoms with Crippen LogP contribution < -0.4 is 16.0 Å². The highest BCUT2D eigenvalue weighted by Gasteiger charge is 2.59. The van der Waals surface area contributed by atoms with E-state index in [1.54, 1.807) is 0 Å². The molecule has 4 rings (SSSR count). The normalized spacial score (nSPS) is 32.3. The molecule has 3 amide bonds. The molecule has 4 N–H and O–H groups in total. The number of nitrogens with one attached hydrogen (secondary N) is 3. The van der Waals surface area contributed by atoms with Crippen molar-refractivity contribution in [2.75, 3.05) is 19.6 Å². The van der Waals surface area contributed by atoms with Crippen LogP contribution in [0.15, 0.2) is 11.6 Å². The van der Waals surface area contributed by atoms with Crippen LogP contribution in [0.5, 0.6) is 0 Å². The van der Waals surface area contributed by atoms with Crippen molar-refractivity contribution in [1.29, 1.82) is 0 Å². The van der Waals surface area contributed by atoms with Crippen LogP contribution >= 0.6 is 0 Å². The largest absolute Gasteiger partial charge is 0.481 e. The van der Waals surface area contributed by atoms with Crippen molar-refractivity contribution in [3.8, 4) is 0 Å². The van der Waals surface area contributed by atoms with Crippen molar-refractivity contribution in [1.82, 2.24) is 16.0 Å². The van der Waals surface area contributed by atoms with Crippen LogP contribution in [0.1, 0.15) is 125 Å². The van der Waals surface area contributed by atoms with Gasteiger partial charge in [0.2, 0.25) is 11.8 Å². The monoisotopic (exact) mass is 643 g/mol. The lowest BCUT2D eigenvalue weighted by Gasteiger charge is -2.58. The topological polar surface area (TPSA) is 134 Å². The highest BCUT2D eigenvalue weighted by molar-refractivity contribution is 5.79. The molecule has 0 saturated heterocycles. The average Bonchev–Trinajstić information content (AvgIpc) is 3.34. The Kier molecular flexibility index (Phi) is 12.6. The van der Waals surface area contributed by atoms with E-state index in [1.807, 2.05) is 0 Å². The lowest BCUT2D eigenvalue weighted by molar-refractivity contribution is -0.137. The molecule has 3 saturated carbocycles. The zero-order valence-electron chi connectivity index (χ0n) is 29.1. The van der Waals surface area contributed by atoms with Gasteiger partial charge in [0.15, 0.2) is 0 Å². The summed E-state index contributed by atoms with van der Waals surface area (Å²) in [6, 6.07) is 0. The second kappa shape index (κ2) is 16.0. The third-order valence-corrected chi connectivity index (χ3v) is 12.5. The molecule has 8 atom stereocenters.